The fourth-order valence-corrected chi connectivity index (χ4v) is 2.13. The normalized spacial score (nSPS) is 37.7. The molecule has 1 rings (SSSR count). The summed E-state index contributed by atoms with van der Waals surface area (Å²) in [5.74, 6) is 0. The smallest absolute Gasteiger partial charge is 0.328 e. The molecule has 0 aromatic heterocycles. The molecular weight excluding hydrogens is 221 g/mol. The first-order valence-corrected chi connectivity index (χ1v) is 4.87. The second kappa shape index (κ2) is 6.40. The molecule has 0 aliphatic carbocycles. The molecule has 6 nitrogen and oxygen atoms in total. The van der Waals surface area contributed by atoms with Gasteiger partial charge in [0.2, 0.25) is 0 Å². The van der Waals surface area contributed by atoms with Gasteiger partial charge in [-0.15, -0.1) is 0 Å². The Morgan fingerprint density at radius 1 is 1.27 bits per heavy atom. The molecule has 2 unspecified atom stereocenters. The molecule has 11 heavy (non-hydrogen) atoms. The van der Waals surface area contributed by atoms with Crippen LogP contribution in [-0.4, -0.2) is 69.4 Å². The molecule has 1 aliphatic rings. The van der Waals surface area contributed by atoms with Gasteiger partial charge in [-0.05, 0) is 0 Å². The Balaban J connectivity index is 0.000001000. The zero-order chi connectivity index (χ0) is 7.56. The second-order valence-electron chi connectivity index (χ2n) is 1.45. The fourth-order valence-electron chi connectivity index (χ4n) is 0.429. The van der Waals surface area contributed by atoms with Crippen molar-refractivity contribution in [1.82, 2.24) is 0 Å². The van der Waals surface area contributed by atoms with E-state index >= 15 is 0 Å². The van der Waals surface area contributed by atoms with Crippen LogP contribution in [0.5, 0.6) is 0 Å². The van der Waals surface area contributed by atoms with Crippen molar-refractivity contribution < 1.29 is 27.6 Å². The van der Waals surface area contributed by atoms with Crippen molar-refractivity contribution in [3.63, 3.8) is 0 Å². The van der Waals surface area contributed by atoms with Gasteiger partial charge in [0.1, 0.15) is 0 Å². The first-order valence-electron chi connectivity index (χ1n) is 2.42. The predicted molar refractivity (Wildman–Crippen MR) is 37.9 cm³/mol. The van der Waals surface area contributed by atoms with Crippen LogP contribution in [0.3, 0.4) is 0 Å². The van der Waals surface area contributed by atoms with Crippen molar-refractivity contribution in [2.75, 3.05) is 6.61 Å². The molecule has 1 N–H and O–H groups in total. The van der Waals surface area contributed by atoms with E-state index in [1.807, 2.05) is 0 Å². The van der Waals surface area contributed by atoms with Gasteiger partial charge in [0, 0.05) is 51.4 Å². The van der Waals surface area contributed by atoms with Crippen molar-refractivity contribution in [1.29, 1.82) is 0 Å². The Bertz CT molecular complexity index is 156. The number of hydrogen-bond acceptors (Lipinski definition) is 6. The topological polar surface area (TPSA) is 82.1 Å². The molecule has 0 amide bonds. The van der Waals surface area contributed by atoms with Crippen LogP contribution in [0, 0.1) is 0 Å². The summed E-state index contributed by atoms with van der Waals surface area (Å²) in [4.78, 5) is 0. The minimum atomic E-state index is -2.70. The monoisotopic (exact) mass is 227 g/mol. The van der Waals surface area contributed by atoms with E-state index < -0.39 is 29.4 Å². The van der Waals surface area contributed by atoms with E-state index in [1.165, 1.54) is 0 Å². The van der Waals surface area contributed by atoms with Crippen LogP contribution in [0.2, 0.25) is 0 Å². The number of aliphatic hydroxyl groups excluding tert-OH is 1. The summed E-state index contributed by atoms with van der Waals surface area (Å²) >= 11 is 0. The van der Waals surface area contributed by atoms with Crippen LogP contribution in [0.25, 0.3) is 0 Å². The molecule has 1 heterocycles. The predicted octanol–water partition coefficient (Wildman–Crippen LogP) is -0.233. The minimum Gasteiger partial charge on any atom is -0.391 e. The van der Waals surface area contributed by atoms with Crippen molar-refractivity contribution in [3.05, 3.63) is 0 Å². The van der Waals surface area contributed by atoms with Crippen molar-refractivity contribution >= 4 is 67.9 Å². The molecule has 1 fully saturated rings. The molecule has 61 valence electrons. The van der Waals surface area contributed by atoms with E-state index in [9.17, 15) is 9.13 Å². The average Bonchev–Trinajstić information content (AvgIpc) is 1.85. The second-order valence-corrected chi connectivity index (χ2v) is 3.74. The molecule has 0 aromatic rings. The summed E-state index contributed by atoms with van der Waals surface area (Å²) in [5, 5.41) is 8.38. The summed E-state index contributed by atoms with van der Waals surface area (Å²) < 4.78 is 33.8. The Morgan fingerprint density at radius 2 is 1.73 bits per heavy atom. The van der Waals surface area contributed by atoms with Gasteiger partial charge >= 0.3 is 16.5 Å². The van der Waals surface area contributed by atoms with Crippen LogP contribution in [0.1, 0.15) is 0 Å². The average molecular weight is 227 g/mol. The van der Waals surface area contributed by atoms with Crippen LogP contribution in [0.15, 0.2) is 0 Å². The molecule has 9 heteroatoms. The Kier molecular flexibility index (Phi) is 7.53. The maximum atomic E-state index is 10.4. The zero-order valence-electron chi connectivity index (χ0n) is 5.77. The Morgan fingerprint density at radius 3 is 2.09 bits per heavy atom. The molecule has 2 atom stereocenters. The fraction of sp³-hybridized carbons (Fsp3) is 1.00. The van der Waals surface area contributed by atoms with Gasteiger partial charge in [0.15, 0.2) is 6.29 Å². The summed E-state index contributed by atoms with van der Waals surface area (Å²) in [6.45, 7) is -0.476. The first kappa shape index (κ1) is 12.9. The van der Waals surface area contributed by atoms with E-state index in [-0.39, 0.29) is 51.4 Å². The van der Waals surface area contributed by atoms with E-state index in [2.05, 4.69) is 13.4 Å². The summed E-state index contributed by atoms with van der Waals surface area (Å²) in [5.41, 5.74) is 0. The maximum Gasteiger partial charge on any atom is 0.328 e. The van der Waals surface area contributed by atoms with Gasteiger partial charge in [0.25, 0.3) is 0 Å². The van der Waals surface area contributed by atoms with Gasteiger partial charge in [-0.2, -0.15) is 0 Å². The summed E-state index contributed by atoms with van der Waals surface area (Å²) in [6.07, 6.45) is -1.06. The number of hydrogen-bond donors (Lipinski definition) is 1. The van der Waals surface area contributed by atoms with Crippen molar-refractivity contribution in [2.24, 2.45) is 0 Å². The van der Waals surface area contributed by atoms with Gasteiger partial charge in [0.05, 0.1) is 6.61 Å². The summed E-state index contributed by atoms with van der Waals surface area (Å²) in [6, 6.07) is 0. The number of aliphatic hydroxyl groups is 1. The summed E-state index contributed by atoms with van der Waals surface area (Å²) in [7, 11) is -5.41. The quantitative estimate of drug-likeness (QED) is 0.492. The van der Waals surface area contributed by atoms with Crippen LogP contribution in [0.4, 0.5) is 0 Å². The molecular formula is C2H6KO6P2. The minimum absolute atomic E-state index is 0. The van der Waals surface area contributed by atoms with Crippen molar-refractivity contribution in [3.8, 4) is 0 Å². The molecule has 1 radical (unpaired) electrons. The third-order valence-electron chi connectivity index (χ3n) is 0.771. The maximum absolute atomic E-state index is 10.4. The van der Waals surface area contributed by atoms with Crippen molar-refractivity contribution in [2.45, 2.75) is 6.29 Å². The third kappa shape index (κ3) is 4.64. The van der Waals surface area contributed by atoms with Gasteiger partial charge in [-0.25, -0.2) is 4.31 Å². The van der Waals surface area contributed by atoms with E-state index in [0.717, 1.165) is 0 Å². The SMILES string of the molecule is O=[PH]1OC(CO)O[PH](=O)O1.[K]. The standard InChI is InChI=1S/C2H6O6P2.K/c3-1-2-6-9(4)8-10(5)7-2;/h2-3,9-10H,1H2;. The molecule has 0 spiro atoms. The third-order valence-corrected chi connectivity index (χ3v) is 3.02. The van der Waals surface area contributed by atoms with Gasteiger partial charge in [-0.1, -0.05) is 0 Å². The van der Waals surface area contributed by atoms with Gasteiger partial charge in [-0.3, -0.25) is 18.2 Å². The Hall–Kier alpha value is 1.94. The van der Waals surface area contributed by atoms with Crippen LogP contribution >= 0.6 is 16.5 Å². The first-order chi connectivity index (χ1) is 4.72. The van der Waals surface area contributed by atoms with E-state index in [4.69, 9.17) is 5.11 Å². The van der Waals surface area contributed by atoms with Crippen LogP contribution < -0.4 is 0 Å². The van der Waals surface area contributed by atoms with E-state index in [0.29, 0.717) is 0 Å². The molecule has 1 aliphatic heterocycles. The van der Waals surface area contributed by atoms with Crippen LogP contribution in [-0.2, 0) is 22.5 Å². The Labute approximate surface area is 107 Å². The largest absolute Gasteiger partial charge is 0.391 e. The molecule has 0 saturated carbocycles. The zero-order valence-corrected chi connectivity index (χ0v) is 10.9. The molecule has 1 saturated heterocycles. The van der Waals surface area contributed by atoms with Gasteiger partial charge < -0.3 is 5.11 Å². The molecule has 0 aromatic carbocycles. The number of rotatable bonds is 1. The van der Waals surface area contributed by atoms with E-state index in [1.54, 1.807) is 0 Å². The molecule has 0 bridgehead atoms.